The standard InChI is InChI=1S/C14H24N2/c1-11(2)7-13(5,9-15)14(6,10-16)8-12(3)4/h11-12H,7-8H2,1-6H3/t13-,14-/m1/s1. The molecule has 0 fully saturated rings. The first-order chi connectivity index (χ1) is 7.20. The molecule has 0 radical (unpaired) electrons. The third-order valence-corrected chi connectivity index (χ3v) is 3.34. The van der Waals surface area contributed by atoms with Crippen molar-refractivity contribution in [3.05, 3.63) is 0 Å². The Bertz CT molecular complexity index is 274. The first-order valence-corrected chi connectivity index (χ1v) is 6.03. The van der Waals surface area contributed by atoms with Crippen molar-refractivity contribution in [2.75, 3.05) is 0 Å². The largest absolute Gasteiger partial charge is 0.198 e. The van der Waals surface area contributed by atoms with Gasteiger partial charge < -0.3 is 0 Å². The Balaban J connectivity index is 5.18. The second-order valence-corrected chi connectivity index (χ2v) is 6.08. The summed E-state index contributed by atoms with van der Waals surface area (Å²) in [6.07, 6.45) is 1.56. The van der Waals surface area contributed by atoms with E-state index >= 15 is 0 Å². The Morgan fingerprint density at radius 2 is 1.06 bits per heavy atom. The van der Waals surface area contributed by atoms with Crippen molar-refractivity contribution >= 4 is 0 Å². The molecule has 0 saturated heterocycles. The molecule has 2 nitrogen and oxygen atoms in total. The van der Waals surface area contributed by atoms with Gasteiger partial charge >= 0.3 is 0 Å². The summed E-state index contributed by atoms with van der Waals surface area (Å²) in [5.41, 5.74) is -1.11. The molecule has 0 aromatic heterocycles. The van der Waals surface area contributed by atoms with Crippen molar-refractivity contribution in [2.45, 2.75) is 54.4 Å². The van der Waals surface area contributed by atoms with E-state index in [1.165, 1.54) is 0 Å². The fourth-order valence-electron chi connectivity index (χ4n) is 2.42. The molecule has 2 atom stereocenters. The quantitative estimate of drug-likeness (QED) is 0.699. The number of rotatable bonds is 5. The molecule has 0 amide bonds. The van der Waals surface area contributed by atoms with Crippen LogP contribution in [0.2, 0.25) is 0 Å². The SMILES string of the molecule is CC(C)C[C@](C)(C#N)[C@@](C)(C#N)CC(C)C. The molecule has 16 heavy (non-hydrogen) atoms. The van der Waals surface area contributed by atoms with Crippen LogP contribution in [0.5, 0.6) is 0 Å². The number of hydrogen-bond acceptors (Lipinski definition) is 2. The van der Waals surface area contributed by atoms with Crippen molar-refractivity contribution in [1.82, 2.24) is 0 Å². The first kappa shape index (κ1) is 15.0. The van der Waals surface area contributed by atoms with Crippen molar-refractivity contribution in [2.24, 2.45) is 22.7 Å². The Hall–Kier alpha value is -1.02. The van der Waals surface area contributed by atoms with Crippen LogP contribution in [0.25, 0.3) is 0 Å². The third kappa shape index (κ3) is 3.24. The highest BCUT2D eigenvalue weighted by atomic mass is 14.5. The molecule has 0 heterocycles. The lowest BCUT2D eigenvalue weighted by atomic mass is 9.60. The van der Waals surface area contributed by atoms with E-state index in [4.69, 9.17) is 0 Å². The topological polar surface area (TPSA) is 47.6 Å². The van der Waals surface area contributed by atoms with Gasteiger partial charge in [-0.2, -0.15) is 10.5 Å². The molecule has 0 bridgehead atoms. The molecule has 0 unspecified atom stereocenters. The summed E-state index contributed by atoms with van der Waals surface area (Å²) in [6, 6.07) is 4.77. The minimum atomic E-state index is -0.555. The van der Waals surface area contributed by atoms with Gasteiger partial charge in [-0.05, 0) is 38.5 Å². The van der Waals surface area contributed by atoms with Gasteiger partial charge in [0.25, 0.3) is 0 Å². The molecule has 0 aromatic rings. The van der Waals surface area contributed by atoms with Crippen LogP contribution < -0.4 is 0 Å². The Kier molecular flexibility index (Phi) is 5.01. The van der Waals surface area contributed by atoms with Crippen LogP contribution in [0.4, 0.5) is 0 Å². The monoisotopic (exact) mass is 220 g/mol. The van der Waals surface area contributed by atoms with E-state index in [1.54, 1.807) is 0 Å². The Labute approximate surface area is 100 Å². The van der Waals surface area contributed by atoms with Gasteiger partial charge in [0.1, 0.15) is 0 Å². The van der Waals surface area contributed by atoms with Crippen LogP contribution in [0, 0.1) is 45.3 Å². The van der Waals surface area contributed by atoms with Crippen molar-refractivity contribution < 1.29 is 0 Å². The highest BCUT2D eigenvalue weighted by Gasteiger charge is 2.45. The highest BCUT2D eigenvalue weighted by molar-refractivity contribution is 5.15. The van der Waals surface area contributed by atoms with Crippen molar-refractivity contribution in [3.8, 4) is 12.1 Å². The summed E-state index contributed by atoms with van der Waals surface area (Å²) in [5, 5.41) is 18.8. The molecule has 0 aromatic carbocycles. The fraction of sp³-hybridized carbons (Fsp3) is 0.857. The maximum absolute atomic E-state index is 9.41. The van der Waals surface area contributed by atoms with Crippen LogP contribution in [-0.4, -0.2) is 0 Å². The molecule has 2 heteroatoms. The molecule has 90 valence electrons. The first-order valence-electron chi connectivity index (χ1n) is 6.03. The molecule has 0 aliphatic rings. The summed E-state index contributed by atoms with van der Waals surface area (Å²) in [6.45, 7) is 12.3. The smallest absolute Gasteiger partial charge is 0.0731 e. The molecule has 0 aliphatic carbocycles. The molecule has 0 saturated carbocycles. The number of nitrogens with zero attached hydrogens (tertiary/aromatic N) is 2. The average molecular weight is 220 g/mol. The minimum absolute atomic E-state index is 0.435. The minimum Gasteiger partial charge on any atom is -0.198 e. The predicted molar refractivity (Wildman–Crippen MR) is 66.4 cm³/mol. The van der Waals surface area contributed by atoms with Crippen LogP contribution in [-0.2, 0) is 0 Å². The van der Waals surface area contributed by atoms with Crippen molar-refractivity contribution in [1.29, 1.82) is 10.5 Å². The molecular weight excluding hydrogens is 196 g/mol. The summed E-state index contributed by atoms with van der Waals surface area (Å²) < 4.78 is 0. The molecular formula is C14H24N2. The predicted octanol–water partition coefficient (Wildman–Crippen LogP) is 4.14. The van der Waals surface area contributed by atoms with E-state index in [9.17, 15) is 10.5 Å². The van der Waals surface area contributed by atoms with Gasteiger partial charge in [-0.15, -0.1) is 0 Å². The molecule has 0 N–H and O–H groups in total. The maximum Gasteiger partial charge on any atom is 0.0731 e. The zero-order valence-corrected chi connectivity index (χ0v) is 11.5. The lowest BCUT2D eigenvalue weighted by molar-refractivity contribution is 0.135. The third-order valence-electron chi connectivity index (χ3n) is 3.34. The number of hydrogen-bond donors (Lipinski definition) is 0. The van der Waals surface area contributed by atoms with E-state index in [0.29, 0.717) is 11.8 Å². The van der Waals surface area contributed by atoms with Gasteiger partial charge in [0, 0.05) is 0 Å². The van der Waals surface area contributed by atoms with Gasteiger partial charge in [0.05, 0.1) is 23.0 Å². The fourth-order valence-corrected chi connectivity index (χ4v) is 2.42. The molecule has 0 rings (SSSR count). The Morgan fingerprint density at radius 1 is 0.812 bits per heavy atom. The van der Waals surface area contributed by atoms with E-state index < -0.39 is 10.8 Å². The zero-order valence-electron chi connectivity index (χ0n) is 11.5. The Morgan fingerprint density at radius 3 is 1.19 bits per heavy atom. The average Bonchev–Trinajstić information content (AvgIpc) is 2.15. The van der Waals surface area contributed by atoms with Gasteiger partial charge in [0.15, 0.2) is 0 Å². The molecule has 0 spiro atoms. The van der Waals surface area contributed by atoms with Crippen LogP contribution in [0.3, 0.4) is 0 Å². The lowest BCUT2D eigenvalue weighted by Gasteiger charge is -2.38. The van der Waals surface area contributed by atoms with E-state index in [-0.39, 0.29) is 0 Å². The summed E-state index contributed by atoms with van der Waals surface area (Å²) in [4.78, 5) is 0. The van der Waals surface area contributed by atoms with E-state index in [1.807, 2.05) is 13.8 Å². The van der Waals surface area contributed by atoms with Crippen LogP contribution >= 0.6 is 0 Å². The normalized spacial score (nSPS) is 18.6. The van der Waals surface area contributed by atoms with Crippen LogP contribution in [0.15, 0.2) is 0 Å². The second kappa shape index (κ2) is 5.35. The summed E-state index contributed by atoms with van der Waals surface area (Å²) in [5.74, 6) is 0.869. The van der Waals surface area contributed by atoms with Gasteiger partial charge in [-0.25, -0.2) is 0 Å². The summed E-state index contributed by atoms with van der Waals surface area (Å²) in [7, 11) is 0. The van der Waals surface area contributed by atoms with E-state index in [2.05, 4.69) is 39.8 Å². The van der Waals surface area contributed by atoms with Crippen molar-refractivity contribution in [3.63, 3.8) is 0 Å². The highest BCUT2D eigenvalue weighted by Crippen LogP contribution is 2.46. The summed E-state index contributed by atoms with van der Waals surface area (Å²) >= 11 is 0. The van der Waals surface area contributed by atoms with Crippen LogP contribution in [0.1, 0.15) is 54.4 Å². The second-order valence-electron chi connectivity index (χ2n) is 6.08. The van der Waals surface area contributed by atoms with E-state index in [0.717, 1.165) is 12.8 Å². The molecule has 0 aliphatic heterocycles. The zero-order chi connectivity index (χ0) is 13.0. The maximum atomic E-state index is 9.41. The number of nitriles is 2. The van der Waals surface area contributed by atoms with Gasteiger partial charge in [0.2, 0.25) is 0 Å². The lowest BCUT2D eigenvalue weighted by Crippen LogP contribution is -2.37. The van der Waals surface area contributed by atoms with Gasteiger partial charge in [-0.1, -0.05) is 27.7 Å². The van der Waals surface area contributed by atoms with Gasteiger partial charge in [-0.3, -0.25) is 0 Å².